The van der Waals surface area contributed by atoms with Gasteiger partial charge in [-0.15, -0.1) is 0 Å². The topological polar surface area (TPSA) is 63.2 Å². The lowest BCUT2D eigenvalue weighted by Crippen LogP contribution is -2.35. The fourth-order valence-corrected chi connectivity index (χ4v) is 3.16. The molecule has 0 saturated carbocycles. The van der Waals surface area contributed by atoms with Crippen molar-refractivity contribution in [1.29, 1.82) is 0 Å². The molecule has 0 bridgehead atoms. The molecular weight excluding hydrogens is 403 g/mol. The van der Waals surface area contributed by atoms with E-state index in [0.29, 0.717) is 12.3 Å². The van der Waals surface area contributed by atoms with Gasteiger partial charge in [0.15, 0.2) is 0 Å². The van der Waals surface area contributed by atoms with Gasteiger partial charge < -0.3 is 10.1 Å². The Bertz CT molecular complexity index is 850. The Morgan fingerprint density at radius 3 is 2.28 bits per heavy atom. The van der Waals surface area contributed by atoms with Gasteiger partial charge in [0.25, 0.3) is 0 Å². The molecule has 2 aromatic rings. The van der Waals surface area contributed by atoms with Crippen molar-refractivity contribution in [1.82, 2.24) is 9.71 Å². The summed E-state index contributed by atoms with van der Waals surface area (Å²) in [5, 5.41) is 3.01. The molecule has 1 aromatic heterocycles. The second kappa shape index (κ2) is 9.13. The van der Waals surface area contributed by atoms with Crippen LogP contribution in [-0.2, 0) is 23.7 Å². The molecule has 2 N–H and O–H groups in total. The molecule has 1 heterocycles. The Morgan fingerprint density at radius 1 is 1.14 bits per heavy atom. The number of nitrogens with zero attached hydrogens (tertiary/aromatic N) is 1. The highest BCUT2D eigenvalue weighted by atomic mass is 32.2. The van der Waals surface area contributed by atoms with E-state index < -0.39 is 33.6 Å². The second-order valence-electron chi connectivity index (χ2n) is 7.59. The number of methoxy groups -OCH3 is 1. The molecule has 9 heteroatoms. The van der Waals surface area contributed by atoms with E-state index in [1.807, 2.05) is 12.1 Å². The van der Waals surface area contributed by atoms with E-state index in [9.17, 15) is 17.4 Å². The Kier molecular flexibility index (Phi) is 7.29. The largest absolute Gasteiger partial charge is 0.497 e. The van der Waals surface area contributed by atoms with Crippen molar-refractivity contribution in [3.63, 3.8) is 0 Å². The highest BCUT2D eigenvalue weighted by Gasteiger charge is 2.34. The molecular formula is C20H26F3N3O2S. The Balaban J connectivity index is 2.24. The third-order valence-electron chi connectivity index (χ3n) is 4.07. The van der Waals surface area contributed by atoms with Crippen LogP contribution in [0, 0.1) is 0 Å². The molecule has 0 aliphatic heterocycles. The van der Waals surface area contributed by atoms with Gasteiger partial charge in [0.05, 0.1) is 34.6 Å². The van der Waals surface area contributed by atoms with E-state index in [-0.39, 0.29) is 11.4 Å². The summed E-state index contributed by atoms with van der Waals surface area (Å²) in [6.45, 7) is 7.32. The van der Waals surface area contributed by atoms with E-state index in [4.69, 9.17) is 4.74 Å². The molecule has 5 nitrogen and oxygen atoms in total. The number of halogens is 3. The minimum absolute atomic E-state index is 0.162. The highest BCUT2D eigenvalue weighted by molar-refractivity contribution is 7.84. The smallest absolute Gasteiger partial charge is 0.433 e. The maximum Gasteiger partial charge on any atom is 0.433 e. The maximum atomic E-state index is 13.3. The maximum absolute atomic E-state index is 13.3. The average molecular weight is 430 g/mol. The van der Waals surface area contributed by atoms with E-state index >= 15 is 0 Å². The van der Waals surface area contributed by atoms with E-state index in [2.05, 4.69) is 15.0 Å². The first kappa shape index (κ1) is 23.2. The van der Waals surface area contributed by atoms with E-state index in [0.717, 1.165) is 11.6 Å². The lowest BCUT2D eigenvalue weighted by Gasteiger charge is -2.22. The van der Waals surface area contributed by atoms with Crippen LogP contribution in [0.5, 0.6) is 5.75 Å². The van der Waals surface area contributed by atoms with E-state index in [1.165, 1.54) is 6.07 Å². The summed E-state index contributed by atoms with van der Waals surface area (Å²) in [6.07, 6.45) is -4.59. The number of aromatic nitrogens is 1. The molecule has 1 unspecified atom stereocenters. The van der Waals surface area contributed by atoms with Gasteiger partial charge in [-0.25, -0.2) is 13.9 Å². The van der Waals surface area contributed by atoms with Gasteiger partial charge in [0.2, 0.25) is 0 Å². The quantitative estimate of drug-likeness (QED) is 0.662. The highest BCUT2D eigenvalue weighted by Crippen LogP contribution is 2.31. The lowest BCUT2D eigenvalue weighted by atomic mass is 10.1. The summed E-state index contributed by atoms with van der Waals surface area (Å²) < 4.78 is 59.7. The fraction of sp³-hybridized carbons (Fsp3) is 0.450. The van der Waals surface area contributed by atoms with Crippen LogP contribution in [0.3, 0.4) is 0 Å². The minimum atomic E-state index is -4.59. The molecule has 2 rings (SSSR count). The molecule has 0 radical (unpaired) electrons. The normalized spacial score (nSPS) is 14.3. The first-order valence-electron chi connectivity index (χ1n) is 9.04. The predicted octanol–water partition coefficient (Wildman–Crippen LogP) is 4.83. The number of pyridine rings is 1. The van der Waals surface area contributed by atoms with Crippen LogP contribution in [0.1, 0.15) is 50.7 Å². The van der Waals surface area contributed by atoms with E-state index in [1.54, 1.807) is 46.9 Å². The van der Waals surface area contributed by atoms with Crippen molar-refractivity contribution in [3.8, 4) is 5.75 Å². The summed E-state index contributed by atoms with van der Waals surface area (Å²) in [7, 11) is 0.119. The lowest BCUT2D eigenvalue weighted by molar-refractivity contribution is -0.141. The van der Waals surface area contributed by atoms with Crippen molar-refractivity contribution in [3.05, 3.63) is 53.3 Å². The van der Waals surface area contributed by atoms with Gasteiger partial charge in [-0.2, -0.15) is 13.2 Å². The number of alkyl halides is 3. The number of benzene rings is 1. The molecule has 0 amide bonds. The Morgan fingerprint density at radius 2 is 1.76 bits per heavy atom. The molecule has 0 aliphatic rings. The number of rotatable bonds is 7. The van der Waals surface area contributed by atoms with Crippen LogP contribution >= 0.6 is 0 Å². The number of hydrogen-bond donors (Lipinski definition) is 2. The van der Waals surface area contributed by atoms with Crippen LogP contribution < -0.4 is 14.8 Å². The minimum Gasteiger partial charge on any atom is -0.497 e. The number of hydrogen-bond acceptors (Lipinski definition) is 4. The number of ether oxygens (including phenoxy) is 1. The number of nitrogens with one attached hydrogen (secondary N) is 2. The fourth-order valence-electron chi connectivity index (χ4n) is 2.37. The summed E-state index contributed by atoms with van der Waals surface area (Å²) in [4.78, 5) is 3.74. The Hall–Kier alpha value is -2.13. The zero-order valence-electron chi connectivity index (χ0n) is 17.1. The Labute approximate surface area is 171 Å². The van der Waals surface area contributed by atoms with Crippen molar-refractivity contribution in [2.75, 3.05) is 12.4 Å². The molecule has 0 saturated heterocycles. The first-order valence-corrected chi connectivity index (χ1v) is 10.2. The zero-order valence-corrected chi connectivity index (χ0v) is 17.9. The van der Waals surface area contributed by atoms with Crippen LogP contribution in [0.4, 0.5) is 18.9 Å². The van der Waals surface area contributed by atoms with Crippen LogP contribution in [-0.4, -0.2) is 21.0 Å². The van der Waals surface area contributed by atoms with Crippen LogP contribution in [0.15, 0.2) is 36.4 Å². The molecule has 0 fully saturated rings. The van der Waals surface area contributed by atoms with Gasteiger partial charge >= 0.3 is 6.18 Å². The van der Waals surface area contributed by atoms with Crippen LogP contribution in [0.25, 0.3) is 0 Å². The SMILES string of the molecule is COc1ccc(CNc2cc([C@@H](C)NS(=O)C(C)(C)C)nc(C(F)(F)F)c2)cc1. The molecule has 0 aliphatic carbocycles. The average Bonchev–Trinajstić information content (AvgIpc) is 2.65. The van der Waals surface area contributed by atoms with Gasteiger partial charge in [-0.3, -0.25) is 0 Å². The summed E-state index contributed by atoms with van der Waals surface area (Å²) >= 11 is 0. The third kappa shape index (κ3) is 6.71. The van der Waals surface area contributed by atoms with Crippen molar-refractivity contribution < 1.29 is 22.1 Å². The summed E-state index contributed by atoms with van der Waals surface area (Å²) in [5.74, 6) is 0.700. The third-order valence-corrected chi connectivity index (χ3v) is 5.75. The van der Waals surface area contributed by atoms with Crippen molar-refractivity contribution in [2.45, 2.75) is 51.2 Å². The summed E-state index contributed by atoms with van der Waals surface area (Å²) in [5.41, 5.74) is 0.336. The molecule has 0 spiro atoms. The zero-order chi connectivity index (χ0) is 21.8. The summed E-state index contributed by atoms with van der Waals surface area (Å²) in [6, 6.07) is 9.11. The molecule has 1 aromatic carbocycles. The van der Waals surface area contributed by atoms with Crippen molar-refractivity contribution >= 4 is 16.7 Å². The molecule has 29 heavy (non-hydrogen) atoms. The molecule has 160 valence electrons. The second-order valence-corrected chi connectivity index (χ2v) is 9.58. The van der Waals surface area contributed by atoms with Crippen LogP contribution in [0.2, 0.25) is 0 Å². The van der Waals surface area contributed by atoms with Gasteiger partial charge in [0, 0.05) is 12.2 Å². The van der Waals surface area contributed by atoms with Gasteiger partial charge in [-0.05, 0) is 57.5 Å². The number of anilines is 1. The van der Waals surface area contributed by atoms with Gasteiger partial charge in [-0.1, -0.05) is 12.1 Å². The van der Waals surface area contributed by atoms with Gasteiger partial charge in [0.1, 0.15) is 11.4 Å². The predicted molar refractivity (Wildman–Crippen MR) is 109 cm³/mol. The van der Waals surface area contributed by atoms with Crippen molar-refractivity contribution in [2.24, 2.45) is 0 Å². The molecule has 2 atom stereocenters. The standard InChI is InChI=1S/C20H26F3N3O2S/c1-13(26-29(27)19(2,3)4)17-10-15(11-18(25-17)20(21,22)23)24-12-14-6-8-16(28-5)9-7-14/h6-11,13,26H,12H2,1-5H3,(H,24,25)/t13-,29?/m1/s1. The first-order chi connectivity index (χ1) is 13.4. The monoisotopic (exact) mass is 429 g/mol.